The van der Waals surface area contributed by atoms with Crippen LogP contribution in [0.1, 0.15) is 29.3 Å². The number of amides is 1. The summed E-state index contributed by atoms with van der Waals surface area (Å²) in [5.74, 6) is 0.308. The lowest BCUT2D eigenvalue weighted by atomic mass is 10.1. The van der Waals surface area contributed by atoms with Crippen molar-refractivity contribution in [2.75, 3.05) is 13.2 Å². The van der Waals surface area contributed by atoms with Crippen LogP contribution in [0.3, 0.4) is 0 Å². The van der Waals surface area contributed by atoms with Crippen LogP contribution in [0, 0.1) is 0 Å². The van der Waals surface area contributed by atoms with Gasteiger partial charge >= 0.3 is 0 Å². The van der Waals surface area contributed by atoms with E-state index >= 15 is 0 Å². The molecule has 2 rings (SSSR count). The fourth-order valence-corrected chi connectivity index (χ4v) is 2.37. The van der Waals surface area contributed by atoms with Crippen LogP contribution >= 0.6 is 12.2 Å². The van der Waals surface area contributed by atoms with E-state index in [9.17, 15) is 4.79 Å². The van der Waals surface area contributed by atoms with E-state index in [-0.39, 0.29) is 5.91 Å². The molecule has 5 heteroatoms. The van der Waals surface area contributed by atoms with Crippen molar-refractivity contribution in [3.05, 3.63) is 65.7 Å². The van der Waals surface area contributed by atoms with Gasteiger partial charge in [-0.3, -0.25) is 10.1 Å². The molecule has 0 radical (unpaired) electrons. The van der Waals surface area contributed by atoms with Crippen LogP contribution in [0.4, 0.5) is 0 Å². The number of carbonyl (C=O) groups is 1. The van der Waals surface area contributed by atoms with E-state index in [1.165, 1.54) is 5.56 Å². The maximum Gasteiger partial charge on any atom is 0.261 e. The van der Waals surface area contributed by atoms with Gasteiger partial charge in [-0.2, -0.15) is 0 Å². The molecule has 0 aliphatic rings. The largest absolute Gasteiger partial charge is 0.493 e. The second kappa shape index (κ2) is 9.67. The lowest BCUT2D eigenvalue weighted by Gasteiger charge is -2.12. The highest BCUT2D eigenvalue weighted by Crippen LogP contribution is 2.17. The van der Waals surface area contributed by atoms with Crippen molar-refractivity contribution in [2.45, 2.75) is 19.8 Å². The van der Waals surface area contributed by atoms with Gasteiger partial charge < -0.3 is 10.1 Å². The predicted octanol–water partition coefficient (Wildman–Crippen LogP) is 3.32. The zero-order valence-corrected chi connectivity index (χ0v) is 14.6. The van der Waals surface area contributed by atoms with E-state index in [4.69, 9.17) is 17.0 Å². The molecule has 2 aromatic carbocycles. The average molecular weight is 342 g/mol. The Labute approximate surface area is 148 Å². The van der Waals surface area contributed by atoms with Gasteiger partial charge in [0.05, 0.1) is 12.2 Å². The first-order valence-electron chi connectivity index (χ1n) is 8.05. The molecule has 24 heavy (non-hydrogen) atoms. The van der Waals surface area contributed by atoms with Crippen LogP contribution in [0.5, 0.6) is 5.75 Å². The minimum Gasteiger partial charge on any atom is -0.493 e. The van der Waals surface area contributed by atoms with Crippen molar-refractivity contribution in [2.24, 2.45) is 0 Å². The average Bonchev–Trinajstić information content (AvgIpc) is 2.61. The van der Waals surface area contributed by atoms with E-state index in [0.717, 1.165) is 12.8 Å². The van der Waals surface area contributed by atoms with Crippen molar-refractivity contribution in [1.82, 2.24) is 10.6 Å². The zero-order valence-electron chi connectivity index (χ0n) is 13.7. The molecule has 0 saturated carbocycles. The summed E-state index contributed by atoms with van der Waals surface area (Å²) in [7, 11) is 0. The highest BCUT2D eigenvalue weighted by Gasteiger charge is 2.13. The highest BCUT2D eigenvalue weighted by atomic mass is 32.1. The lowest BCUT2D eigenvalue weighted by Crippen LogP contribution is -2.40. The number of hydrogen-bond acceptors (Lipinski definition) is 3. The summed E-state index contributed by atoms with van der Waals surface area (Å²) in [6.45, 7) is 3.26. The SMILES string of the molecule is CCCOc1ccccc1C(=O)NC(=S)NCCc1ccccc1. The molecule has 2 aromatic rings. The molecular weight excluding hydrogens is 320 g/mol. The van der Waals surface area contributed by atoms with Gasteiger partial charge in [-0.15, -0.1) is 0 Å². The minimum atomic E-state index is -0.265. The fraction of sp³-hybridized carbons (Fsp3) is 0.263. The highest BCUT2D eigenvalue weighted by molar-refractivity contribution is 7.80. The molecule has 0 bridgehead atoms. The summed E-state index contributed by atoms with van der Waals surface area (Å²) in [6, 6.07) is 17.3. The molecule has 0 atom stereocenters. The summed E-state index contributed by atoms with van der Waals surface area (Å²) in [5, 5.41) is 6.07. The normalized spacial score (nSPS) is 10.0. The monoisotopic (exact) mass is 342 g/mol. The quantitative estimate of drug-likeness (QED) is 0.758. The van der Waals surface area contributed by atoms with E-state index in [1.54, 1.807) is 18.2 Å². The van der Waals surface area contributed by atoms with Crippen molar-refractivity contribution in [3.63, 3.8) is 0 Å². The fourth-order valence-electron chi connectivity index (χ4n) is 2.17. The van der Waals surface area contributed by atoms with Gasteiger partial charge in [0.15, 0.2) is 5.11 Å². The van der Waals surface area contributed by atoms with Gasteiger partial charge in [0.2, 0.25) is 0 Å². The maximum atomic E-state index is 12.4. The van der Waals surface area contributed by atoms with Crippen LogP contribution in [-0.2, 0) is 6.42 Å². The third-order valence-corrected chi connectivity index (χ3v) is 3.61. The Morgan fingerprint density at radius 1 is 1.08 bits per heavy atom. The van der Waals surface area contributed by atoms with Crippen molar-refractivity contribution in [1.29, 1.82) is 0 Å². The molecular formula is C19H22N2O2S. The summed E-state index contributed by atoms with van der Waals surface area (Å²) < 4.78 is 5.60. The Balaban J connectivity index is 1.84. The number of carbonyl (C=O) groups excluding carboxylic acids is 1. The van der Waals surface area contributed by atoms with Gasteiger partial charge in [0.25, 0.3) is 5.91 Å². The first kappa shape index (κ1) is 17.9. The number of benzene rings is 2. The molecule has 0 fully saturated rings. The zero-order chi connectivity index (χ0) is 17.2. The summed E-state index contributed by atoms with van der Waals surface area (Å²) in [6.07, 6.45) is 1.72. The molecule has 126 valence electrons. The lowest BCUT2D eigenvalue weighted by molar-refractivity contribution is 0.0972. The molecule has 0 aliphatic heterocycles. The number of rotatable bonds is 7. The Bertz CT molecular complexity index is 674. The summed E-state index contributed by atoms with van der Waals surface area (Å²) >= 11 is 5.19. The van der Waals surface area contributed by atoms with E-state index < -0.39 is 0 Å². The topological polar surface area (TPSA) is 50.4 Å². The standard InChI is InChI=1S/C19H22N2O2S/c1-2-14-23-17-11-7-6-10-16(17)18(22)21-19(24)20-13-12-15-8-4-3-5-9-15/h3-11H,2,12-14H2,1H3,(H2,20,21,22,24). The molecule has 4 nitrogen and oxygen atoms in total. The third kappa shape index (κ3) is 5.66. The molecule has 0 aliphatic carbocycles. The Morgan fingerprint density at radius 2 is 1.79 bits per heavy atom. The second-order valence-electron chi connectivity index (χ2n) is 5.29. The number of thiocarbonyl (C=S) groups is 1. The third-order valence-electron chi connectivity index (χ3n) is 3.36. The Hall–Kier alpha value is -2.40. The second-order valence-corrected chi connectivity index (χ2v) is 5.70. The molecule has 0 spiro atoms. The summed E-state index contributed by atoms with van der Waals surface area (Å²) in [5.41, 5.74) is 1.70. The summed E-state index contributed by atoms with van der Waals surface area (Å²) in [4.78, 5) is 12.4. The Morgan fingerprint density at radius 3 is 2.54 bits per heavy atom. The first-order chi connectivity index (χ1) is 11.7. The van der Waals surface area contributed by atoms with Crippen LogP contribution in [0.25, 0.3) is 0 Å². The molecule has 0 heterocycles. The van der Waals surface area contributed by atoms with Crippen molar-refractivity contribution in [3.8, 4) is 5.75 Å². The van der Waals surface area contributed by atoms with Crippen LogP contribution in [0.2, 0.25) is 0 Å². The Kier molecular flexibility index (Phi) is 7.23. The number of nitrogens with one attached hydrogen (secondary N) is 2. The van der Waals surface area contributed by atoms with E-state index in [1.807, 2.05) is 31.2 Å². The number of para-hydroxylation sites is 1. The smallest absolute Gasteiger partial charge is 0.261 e. The van der Waals surface area contributed by atoms with Gasteiger partial charge in [-0.25, -0.2) is 0 Å². The molecule has 2 N–H and O–H groups in total. The number of hydrogen-bond donors (Lipinski definition) is 2. The molecule has 0 aromatic heterocycles. The predicted molar refractivity (Wildman–Crippen MR) is 100 cm³/mol. The van der Waals surface area contributed by atoms with Gasteiger partial charge in [-0.05, 0) is 42.8 Å². The van der Waals surface area contributed by atoms with E-state index in [2.05, 4.69) is 22.8 Å². The van der Waals surface area contributed by atoms with Gasteiger partial charge in [0.1, 0.15) is 5.75 Å². The van der Waals surface area contributed by atoms with Gasteiger partial charge in [0, 0.05) is 6.54 Å². The van der Waals surface area contributed by atoms with E-state index in [0.29, 0.717) is 29.6 Å². The molecule has 1 amide bonds. The number of ether oxygens (including phenoxy) is 1. The van der Waals surface area contributed by atoms with Crippen LogP contribution < -0.4 is 15.4 Å². The van der Waals surface area contributed by atoms with Crippen LogP contribution in [-0.4, -0.2) is 24.2 Å². The maximum absolute atomic E-state index is 12.4. The first-order valence-corrected chi connectivity index (χ1v) is 8.46. The molecule has 0 unspecified atom stereocenters. The minimum absolute atomic E-state index is 0.265. The van der Waals surface area contributed by atoms with Crippen molar-refractivity contribution < 1.29 is 9.53 Å². The molecule has 0 saturated heterocycles. The van der Waals surface area contributed by atoms with Gasteiger partial charge in [-0.1, -0.05) is 49.4 Å². The van der Waals surface area contributed by atoms with Crippen molar-refractivity contribution >= 4 is 23.2 Å². The van der Waals surface area contributed by atoms with Crippen LogP contribution in [0.15, 0.2) is 54.6 Å².